The predicted molar refractivity (Wildman–Crippen MR) is 64.9 cm³/mol. The van der Waals surface area contributed by atoms with Crippen molar-refractivity contribution in [3.63, 3.8) is 0 Å². The van der Waals surface area contributed by atoms with Crippen LogP contribution in [0, 0.1) is 16.7 Å². The summed E-state index contributed by atoms with van der Waals surface area (Å²) in [7, 11) is 0. The van der Waals surface area contributed by atoms with E-state index in [1.165, 1.54) is 16.3 Å². The highest BCUT2D eigenvalue weighted by Gasteiger charge is 2.43. The van der Waals surface area contributed by atoms with E-state index in [2.05, 4.69) is 48.5 Å². The van der Waals surface area contributed by atoms with Crippen molar-refractivity contribution >= 4 is 10.8 Å². The van der Waals surface area contributed by atoms with Crippen LogP contribution in [0.5, 0.6) is 0 Å². The maximum atomic E-state index is 9.14. The first kappa shape index (κ1) is 9.42. The summed E-state index contributed by atoms with van der Waals surface area (Å²) in [6, 6.07) is 17.2. The highest BCUT2D eigenvalue weighted by molar-refractivity contribution is 5.85. The molecule has 0 heterocycles. The minimum atomic E-state index is -0.0515. The molecule has 16 heavy (non-hydrogen) atoms. The molecule has 0 aromatic heterocycles. The van der Waals surface area contributed by atoms with Crippen LogP contribution < -0.4 is 0 Å². The van der Waals surface area contributed by atoms with Crippen molar-refractivity contribution in [2.24, 2.45) is 5.41 Å². The SMILES string of the molecule is N#CC1(Cc2cccc3ccccc23)CC1. The molecule has 0 N–H and O–H groups in total. The van der Waals surface area contributed by atoms with E-state index in [4.69, 9.17) is 5.26 Å². The van der Waals surface area contributed by atoms with Crippen LogP contribution >= 0.6 is 0 Å². The number of benzene rings is 2. The number of nitriles is 1. The van der Waals surface area contributed by atoms with Crippen LogP contribution in [0.1, 0.15) is 18.4 Å². The molecule has 1 aliphatic rings. The van der Waals surface area contributed by atoms with Gasteiger partial charge >= 0.3 is 0 Å². The van der Waals surface area contributed by atoms with E-state index in [9.17, 15) is 0 Å². The van der Waals surface area contributed by atoms with E-state index in [1.807, 2.05) is 0 Å². The molecule has 0 unspecified atom stereocenters. The molecular formula is C15H13N. The second-order valence-corrected chi connectivity index (χ2v) is 4.71. The minimum absolute atomic E-state index is 0.0515. The summed E-state index contributed by atoms with van der Waals surface area (Å²) in [5.41, 5.74) is 1.27. The van der Waals surface area contributed by atoms with Crippen LogP contribution in [0.4, 0.5) is 0 Å². The Bertz CT molecular complexity index is 568. The number of rotatable bonds is 2. The molecule has 0 bridgehead atoms. The average Bonchev–Trinajstić information content (AvgIpc) is 3.10. The largest absolute Gasteiger partial charge is 0.198 e. The first-order valence-electron chi connectivity index (χ1n) is 5.71. The molecule has 1 aliphatic carbocycles. The maximum Gasteiger partial charge on any atom is 0.0693 e. The summed E-state index contributed by atoms with van der Waals surface area (Å²) < 4.78 is 0. The number of hydrogen-bond acceptors (Lipinski definition) is 1. The molecular weight excluding hydrogens is 194 g/mol. The molecule has 0 spiro atoms. The predicted octanol–water partition coefficient (Wildman–Crippen LogP) is 3.69. The second kappa shape index (κ2) is 3.35. The van der Waals surface area contributed by atoms with E-state index >= 15 is 0 Å². The second-order valence-electron chi connectivity index (χ2n) is 4.71. The van der Waals surface area contributed by atoms with Gasteiger partial charge in [-0.05, 0) is 35.6 Å². The van der Waals surface area contributed by atoms with Crippen molar-refractivity contribution in [3.05, 3.63) is 48.0 Å². The van der Waals surface area contributed by atoms with E-state index in [0.29, 0.717) is 0 Å². The lowest BCUT2D eigenvalue weighted by atomic mass is 9.94. The lowest BCUT2D eigenvalue weighted by Crippen LogP contribution is -2.01. The van der Waals surface area contributed by atoms with Crippen LogP contribution in [0.2, 0.25) is 0 Å². The molecule has 78 valence electrons. The van der Waals surface area contributed by atoms with Crippen LogP contribution in [-0.2, 0) is 6.42 Å². The zero-order valence-electron chi connectivity index (χ0n) is 9.11. The van der Waals surface area contributed by atoms with Crippen molar-refractivity contribution in [1.82, 2.24) is 0 Å². The zero-order valence-corrected chi connectivity index (χ0v) is 9.11. The zero-order chi connectivity index (χ0) is 11.0. The number of nitrogens with zero attached hydrogens (tertiary/aromatic N) is 1. The normalized spacial score (nSPS) is 16.9. The molecule has 0 radical (unpaired) electrons. The molecule has 1 saturated carbocycles. The Labute approximate surface area is 95.3 Å². The van der Waals surface area contributed by atoms with Gasteiger partial charge in [-0.25, -0.2) is 0 Å². The van der Waals surface area contributed by atoms with Gasteiger partial charge in [-0.2, -0.15) is 5.26 Å². The Morgan fingerprint density at radius 3 is 2.56 bits per heavy atom. The van der Waals surface area contributed by atoms with Gasteiger partial charge in [0.2, 0.25) is 0 Å². The Kier molecular flexibility index (Phi) is 1.97. The van der Waals surface area contributed by atoms with E-state index in [0.717, 1.165) is 19.3 Å². The monoisotopic (exact) mass is 207 g/mol. The third kappa shape index (κ3) is 1.47. The first-order valence-corrected chi connectivity index (χ1v) is 5.71. The molecule has 0 atom stereocenters. The summed E-state index contributed by atoms with van der Waals surface area (Å²) in [5.74, 6) is 0. The van der Waals surface area contributed by atoms with Gasteiger partial charge in [0.05, 0.1) is 11.5 Å². The van der Waals surface area contributed by atoms with Gasteiger partial charge in [0, 0.05) is 0 Å². The van der Waals surface area contributed by atoms with Crippen LogP contribution in [0.3, 0.4) is 0 Å². The average molecular weight is 207 g/mol. The highest BCUT2D eigenvalue weighted by Crippen LogP contribution is 2.48. The van der Waals surface area contributed by atoms with Gasteiger partial charge in [0.1, 0.15) is 0 Å². The molecule has 3 rings (SSSR count). The first-order chi connectivity index (χ1) is 7.83. The van der Waals surface area contributed by atoms with Crippen molar-refractivity contribution in [3.8, 4) is 6.07 Å². The molecule has 1 nitrogen and oxygen atoms in total. The Morgan fingerprint density at radius 1 is 1.06 bits per heavy atom. The van der Waals surface area contributed by atoms with E-state index in [-0.39, 0.29) is 5.41 Å². The highest BCUT2D eigenvalue weighted by atomic mass is 14.5. The number of fused-ring (bicyclic) bond motifs is 1. The fourth-order valence-corrected chi connectivity index (χ4v) is 2.29. The number of hydrogen-bond donors (Lipinski definition) is 0. The smallest absolute Gasteiger partial charge is 0.0693 e. The molecule has 1 heteroatoms. The molecule has 1 fully saturated rings. The topological polar surface area (TPSA) is 23.8 Å². The van der Waals surface area contributed by atoms with Crippen molar-refractivity contribution in [2.75, 3.05) is 0 Å². The summed E-state index contributed by atoms with van der Waals surface area (Å²) in [4.78, 5) is 0. The maximum absolute atomic E-state index is 9.14. The standard InChI is InChI=1S/C15H13N/c16-11-15(8-9-15)10-13-6-3-5-12-4-1-2-7-14(12)13/h1-7H,8-10H2. The lowest BCUT2D eigenvalue weighted by Gasteiger charge is -2.09. The van der Waals surface area contributed by atoms with E-state index < -0.39 is 0 Å². The van der Waals surface area contributed by atoms with Gasteiger partial charge < -0.3 is 0 Å². The minimum Gasteiger partial charge on any atom is -0.198 e. The van der Waals surface area contributed by atoms with Crippen molar-refractivity contribution < 1.29 is 0 Å². The van der Waals surface area contributed by atoms with Gasteiger partial charge in [-0.3, -0.25) is 0 Å². The van der Waals surface area contributed by atoms with Crippen LogP contribution in [0.25, 0.3) is 10.8 Å². The molecule has 0 amide bonds. The third-order valence-corrected chi connectivity index (χ3v) is 3.50. The Balaban J connectivity index is 2.07. The fourth-order valence-electron chi connectivity index (χ4n) is 2.29. The van der Waals surface area contributed by atoms with Gasteiger partial charge in [-0.15, -0.1) is 0 Å². The Hall–Kier alpha value is -1.81. The molecule has 0 aliphatic heterocycles. The van der Waals surface area contributed by atoms with Crippen LogP contribution in [0.15, 0.2) is 42.5 Å². The molecule has 2 aromatic rings. The Morgan fingerprint density at radius 2 is 1.81 bits per heavy atom. The quantitative estimate of drug-likeness (QED) is 0.736. The molecule has 2 aromatic carbocycles. The summed E-state index contributed by atoms with van der Waals surface area (Å²) >= 11 is 0. The lowest BCUT2D eigenvalue weighted by molar-refractivity contribution is 0.668. The van der Waals surface area contributed by atoms with Gasteiger partial charge in [-0.1, -0.05) is 42.5 Å². The summed E-state index contributed by atoms with van der Waals surface area (Å²) in [6.45, 7) is 0. The van der Waals surface area contributed by atoms with Crippen molar-refractivity contribution in [1.29, 1.82) is 5.26 Å². The van der Waals surface area contributed by atoms with Gasteiger partial charge in [0.15, 0.2) is 0 Å². The molecule has 0 saturated heterocycles. The third-order valence-electron chi connectivity index (χ3n) is 3.50. The van der Waals surface area contributed by atoms with Crippen molar-refractivity contribution in [2.45, 2.75) is 19.3 Å². The summed E-state index contributed by atoms with van der Waals surface area (Å²) in [5, 5.41) is 11.7. The van der Waals surface area contributed by atoms with E-state index in [1.54, 1.807) is 0 Å². The summed E-state index contributed by atoms with van der Waals surface area (Å²) in [6.07, 6.45) is 3.03. The van der Waals surface area contributed by atoms with Crippen LogP contribution in [-0.4, -0.2) is 0 Å². The fraction of sp³-hybridized carbons (Fsp3) is 0.267. The van der Waals surface area contributed by atoms with Gasteiger partial charge in [0.25, 0.3) is 0 Å².